The molecule has 0 aliphatic carbocycles. The van der Waals surface area contributed by atoms with E-state index < -0.39 is 144 Å². The third-order valence-electron chi connectivity index (χ3n) is 8.89. The van der Waals surface area contributed by atoms with Gasteiger partial charge in [-0.25, -0.2) is 4.79 Å². The van der Waals surface area contributed by atoms with E-state index in [0.717, 1.165) is 54.6 Å². The van der Waals surface area contributed by atoms with E-state index in [1.165, 1.54) is 18.2 Å². The minimum absolute atomic E-state index is 0.213. The summed E-state index contributed by atoms with van der Waals surface area (Å²) in [6.07, 6.45) is 0. The number of hydrogen-bond donors (Lipinski definition) is 8. The molecule has 5 aromatic rings. The Balaban J connectivity index is 1.45. The van der Waals surface area contributed by atoms with Crippen molar-refractivity contribution in [1.29, 1.82) is 0 Å². The number of nitrogens with zero attached hydrogens (tertiary/aromatic N) is 8. The van der Waals surface area contributed by atoms with Gasteiger partial charge in [-0.05, 0) is 54.6 Å². The molecule has 1 aliphatic heterocycles. The highest BCUT2D eigenvalue weighted by Crippen LogP contribution is 2.47. The van der Waals surface area contributed by atoms with Gasteiger partial charge in [0.25, 0.3) is 46.4 Å². The van der Waals surface area contributed by atoms with E-state index in [0.29, 0.717) is 11.1 Å². The lowest BCUT2D eigenvalue weighted by Gasteiger charge is -2.14. The SMILES string of the molecule is O=C(O)C1=NN(c2ccc(S(=O)(=O)O)cc2)C(=O)C1N=Nc1ccc2c(O)c(N=Nc3cc(OCCO)c(N=Nc4ccccc4S(=O)(=O)O)cc3OCCO)c(S(=O)(=O)O)cc2c1S(=O)(=O)O. The molecule has 0 saturated carbocycles. The maximum atomic E-state index is 13.3. The molecule has 0 saturated heterocycles. The van der Waals surface area contributed by atoms with Crippen LogP contribution in [0.3, 0.4) is 0 Å². The Morgan fingerprint density at radius 3 is 1.72 bits per heavy atom. The Morgan fingerprint density at radius 2 is 1.19 bits per heavy atom. The van der Waals surface area contributed by atoms with Gasteiger partial charge in [0.05, 0.1) is 23.8 Å². The minimum atomic E-state index is -5.56. The molecule has 1 atom stereocenters. The van der Waals surface area contributed by atoms with Crippen LogP contribution in [-0.2, 0) is 50.1 Å². The first-order chi connectivity index (χ1) is 31.8. The summed E-state index contributed by atoms with van der Waals surface area (Å²) in [7, 11) is -20.6. The van der Waals surface area contributed by atoms with Crippen LogP contribution in [0.25, 0.3) is 10.8 Å². The van der Waals surface area contributed by atoms with Gasteiger partial charge in [-0.1, -0.05) is 12.1 Å². The monoisotopic (exact) mass is 1020 g/mol. The number of benzene rings is 5. The molecule has 1 heterocycles. The van der Waals surface area contributed by atoms with E-state index in [1.807, 2.05) is 0 Å². The number of carbonyl (C=O) groups is 2. The Hall–Kier alpha value is -7.27. The van der Waals surface area contributed by atoms with Crippen LogP contribution in [0.4, 0.5) is 34.1 Å². The first kappa shape index (κ1) is 50.1. The molecule has 0 radical (unpaired) electrons. The Morgan fingerprint density at radius 1 is 0.632 bits per heavy atom. The summed E-state index contributed by atoms with van der Waals surface area (Å²) < 4.78 is 149. The zero-order valence-electron chi connectivity index (χ0n) is 33.6. The standard InChI is InChI=1S/C36H30N8O20S4/c45-11-13-63-26-17-25(27(64-14-12-46)16-24(26)39-37-22-3-1-2-4-28(22)66(54,55)56)40-41-30-29(67(57,58)59)15-21-20(33(30)47)9-10-23(34(21)68(60,61)62)38-42-31-32(36(49)50)43-44(35(31)48)18-5-7-19(8-6-18)65(51,52)53/h1-10,15-17,31,45-47H,11-14H2,(H,49,50)(H,51,52,53)(H,54,55,56)(H,57,58,59)(H,60,61,62). The van der Waals surface area contributed by atoms with Gasteiger partial charge < -0.3 is 29.9 Å². The molecule has 32 heteroatoms. The van der Waals surface area contributed by atoms with Crippen LogP contribution in [0, 0.1) is 0 Å². The van der Waals surface area contributed by atoms with Crippen molar-refractivity contribution < 1.29 is 91.4 Å². The van der Waals surface area contributed by atoms with Crippen LogP contribution in [0.2, 0.25) is 0 Å². The number of rotatable bonds is 18. The molecule has 358 valence electrons. The largest absolute Gasteiger partial charge is 0.505 e. The average molecular weight is 1020 g/mol. The zero-order chi connectivity index (χ0) is 49.9. The molecule has 68 heavy (non-hydrogen) atoms. The summed E-state index contributed by atoms with van der Waals surface area (Å²) in [5, 5.41) is 65.5. The molecule has 1 aliphatic rings. The second-order valence-electron chi connectivity index (χ2n) is 13.3. The number of carboxylic acids is 1. The maximum absolute atomic E-state index is 13.3. The van der Waals surface area contributed by atoms with Gasteiger partial charge in [0.15, 0.2) is 11.5 Å². The highest BCUT2D eigenvalue weighted by molar-refractivity contribution is 7.87. The summed E-state index contributed by atoms with van der Waals surface area (Å²) in [6.45, 7) is -1.98. The van der Waals surface area contributed by atoms with Gasteiger partial charge in [-0.3, -0.25) is 23.0 Å². The number of carboxylic acid groups (broad SMARTS) is 1. The molecular weight excluding hydrogens is 993 g/mol. The van der Waals surface area contributed by atoms with E-state index >= 15 is 0 Å². The quantitative estimate of drug-likeness (QED) is 0.0453. The van der Waals surface area contributed by atoms with Crippen LogP contribution in [-0.4, -0.2) is 122 Å². The van der Waals surface area contributed by atoms with E-state index in [4.69, 9.17) is 9.47 Å². The highest BCUT2D eigenvalue weighted by Gasteiger charge is 2.41. The van der Waals surface area contributed by atoms with Crippen LogP contribution in [0.5, 0.6) is 17.2 Å². The summed E-state index contributed by atoms with van der Waals surface area (Å²) >= 11 is 0. The number of fused-ring (bicyclic) bond motifs is 1. The molecule has 5 aromatic carbocycles. The van der Waals surface area contributed by atoms with Crippen LogP contribution in [0.1, 0.15) is 0 Å². The van der Waals surface area contributed by atoms with Gasteiger partial charge in [0.1, 0.15) is 67.8 Å². The van der Waals surface area contributed by atoms with Crippen molar-refractivity contribution >= 4 is 103 Å². The average Bonchev–Trinajstić information content (AvgIpc) is 3.60. The van der Waals surface area contributed by atoms with Gasteiger partial charge in [-0.15, -0.1) is 20.5 Å². The number of anilines is 1. The topological polar surface area (TPSA) is 441 Å². The molecule has 0 bridgehead atoms. The number of hydrazone groups is 1. The minimum Gasteiger partial charge on any atom is -0.505 e. The number of phenolic OH excluding ortho intramolecular Hbond substituents is 1. The van der Waals surface area contributed by atoms with Crippen LogP contribution >= 0.6 is 0 Å². The number of amides is 1. The Labute approximate surface area is 381 Å². The third-order valence-corrected chi connectivity index (χ3v) is 12.5. The summed E-state index contributed by atoms with van der Waals surface area (Å²) in [4.78, 5) is 21.6. The van der Waals surface area contributed by atoms with Crippen molar-refractivity contribution in [3.05, 3.63) is 78.9 Å². The first-order valence-electron chi connectivity index (χ1n) is 18.3. The number of aliphatic hydroxyl groups excluding tert-OH is 2. The Kier molecular flexibility index (Phi) is 14.4. The van der Waals surface area contributed by atoms with Gasteiger partial charge >= 0.3 is 5.97 Å². The number of carbonyl (C=O) groups excluding carboxylic acids is 1. The number of ether oxygens (including phenoxy) is 2. The molecular formula is C36H30N8O20S4. The summed E-state index contributed by atoms with van der Waals surface area (Å²) in [5.41, 5.74) is -4.09. The zero-order valence-corrected chi connectivity index (χ0v) is 36.9. The number of aliphatic hydroxyl groups is 2. The fourth-order valence-electron chi connectivity index (χ4n) is 6.00. The second-order valence-corrected chi connectivity index (χ2v) is 18.9. The van der Waals surface area contributed by atoms with Crippen molar-refractivity contribution in [3.8, 4) is 17.2 Å². The molecule has 6 rings (SSSR count). The molecule has 1 unspecified atom stereocenters. The number of hydrogen-bond acceptors (Lipinski definition) is 22. The van der Waals surface area contributed by atoms with E-state index in [1.54, 1.807) is 0 Å². The van der Waals surface area contributed by atoms with Crippen LogP contribution < -0.4 is 14.5 Å². The molecule has 8 N–H and O–H groups in total. The van der Waals surface area contributed by atoms with Crippen molar-refractivity contribution in [2.24, 2.45) is 35.8 Å². The van der Waals surface area contributed by atoms with Gasteiger partial charge in [0, 0.05) is 22.9 Å². The van der Waals surface area contributed by atoms with Crippen molar-refractivity contribution in [3.63, 3.8) is 0 Å². The fourth-order valence-corrected chi connectivity index (χ4v) is 8.58. The second kappa shape index (κ2) is 19.5. The summed E-state index contributed by atoms with van der Waals surface area (Å²) in [5.74, 6) is -4.83. The molecule has 0 aromatic heterocycles. The van der Waals surface area contributed by atoms with E-state index in [9.17, 15) is 81.9 Å². The van der Waals surface area contributed by atoms with Crippen LogP contribution in [0.15, 0.2) is 134 Å². The predicted octanol–water partition coefficient (Wildman–Crippen LogP) is 4.04. The van der Waals surface area contributed by atoms with Gasteiger partial charge in [0.2, 0.25) is 6.04 Å². The number of azo groups is 3. The van der Waals surface area contributed by atoms with Crippen molar-refractivity contribution in [2.45, 2.75) is 25.6 Å². The highest BCUT2D eigenvalue weighted by atomic mass is 32.2. The number of aliphatic carboxylic acids is 1. The smallest absolute Gasteiger partial charge is 0.355 e. The lowest BCUT2D eigenvalue weighted by molar-refractivity contribution is -0.130. The number of aromatic hydroxyl groups is 1. The van der Waals surface area contributed by atoms with E-state index in [2.05, 4.69) is 35.8 Å². The third kappa shape index (κ3) is 10.9. The van der Waals surface area contributed by atoms with E-state index in [-0.39, 0.29) is 28.6 Å². The molecule has 0 spiro atoms. The summed E-state index contributed by atoms with van der Waals surface area (Å²) in [6, 6.07) is 10.7. The van der Waals surface area contributed by atoms with Gasteiger partial charge in [-0.2, -0.15) is 54.0 Å². The lowest BCUT2D eigenvalue weighted by atomic mass is 10.1. The fraction of sp³-hybridized carbons (Fsp3) is 0.139. The van der Waals surface area contributed by atoms with Crippen molar-refractivity contribution in [2.75, 3.05) is 31.4 Å². The normalized spacial score (nSPS) is 15.0. The molecule has 28 nitrogen and oxygen atoms in total. The molecule has 1 amide bonds. The Bertz CT molecular complexity index is 3460. The maximum Gasteiger partial charge on any atom is 0.355 e. The molecule has 0 fully saturated rings. The lowest BCUT2D eigenvalue weighted by Crippen LogP contribution is -2.33. The number of phenols is 1. The first-order valence-corrected chi connectivity index (χ1v) is 24.1. The van der Waals surface area contributed by atoms with Crippen molar-refractivity contribution in [1.82, 2.24) is 0 Å². The predicted molar refractivity (Wildman–Crippen MR) is 229 cm³/mol.